The number of nitrogens with two attached hydrogens (primary N) is 1. The lowest BCUT2D eigenvalue weighted by atomic mass is 10.0. The second-order valence-corrected chi connectivity index (χ2v) is 14.1. The number of esters is 2. The van der Waals surface area contributed by atoms with Gasteiger partial charge in [0.25, 0.3) is 0 Å². The lowest BCUT2D eigenvalue weighted by Gasteiger charge is -2.31. The summed E-state index contributed by atoms with van der Waals surface area (Å²) in [7, 11) is -4.34. The van der Waals surface area contributed by atoms with E-state index in [1.165, 1.54) is 17.8 Å². The summed E-state index contributed by atoms with van der Waals surface area (Å²) in [5.74, 6) is -2.59. The highest BCUT2D eigenvalue weighted by atomic mass is 31.2. The number of anilines is 2. The Bertz CT molecular complexity index is 1510. The van der Waals surface area contributed by atoms with E-state index in [1.54, 1.807) is 41.5 Å². The number of hydrogen-bond donors (Lipinski definition) is 5. The number of aliphatic hydroxyl groups excluding tert-OH is 1. The van der Waals surface area contributed by atoms with Crippen LogP contribution in [0.3, 0.4) is 0 Å². The first-order valence-corrected chi connectivity index (χ1v) is 17.5. The van der Waals surface area contributed by atoms with Crippen LogP contribution in [0, 0.1) is 11.8 Å². The molecule has 0 radical (unpaired) electrons. The SMILES string of the molecule is CCOC(=O)[C@@H](NP(=O)(N[C@H](C(=O)OCC)C(C)C)OCC1=C(O)C(C)(O)[C@H](n2cnc3c(N4CCOCC4)nc(N)nc32)O1)C(C)C. The summed E-state index contributed by atoms with van der Waals surface area (Å²) in [4.78, 5) is 40.8. The molecule has 0 aromatic carbocycles. The molecule has 2 aliphatic heterocycles. The Hall–Kier alpha value is -3.54. The van der Waals surface area contributed by atoms with Crippen molar-refractivity contribution >= 4 is 42.5 Å². The molecule has 1 fully saturated rings. The van der Waals surface area contributed by atoms with Crippen LogP contribution in [0.25, 0.3) is 11.2 Å². The second kappa shape index (κ2) is 15.3. The Kier molecular flexibility index (Phi) is 11.9. The first-order valence-electron chi connectivity index (χ1n) is 15.9. The molecule has 2 aliphatic rings. The molecule has 4 rings (SSSR count). The van der Waals surface area contributed by atoms with Gasteiger partial charge in [-0.3, -0.25) is 23.2 Å². The van der Waals surface area contributed by atoms with Crippen molar-refractivity contribution in [3.63, 3.8) is 0 Å². The number of carbonyl (C=O) groups excluding carboxylic acids is 2. The molecule has 19 heteroatoms. The second-order valence-electron chi connectivity index (χ2n) is 12.2. The number of nitrogens with one attached hydrogen (secondary N) is 2. The first-order chi connectivity index (χ1) is 22.6. The summed E-state index contributed by atoms with van der Waals surface area (Å²) in [5, 5.41) is 28.1. The zero-order valence-electron chi connectivity index (χ0n) is 28.3. The third kappa shape index (κ3) is 8.01. The van der Waals surface area contributed by atoms with Gasteiger partial charge in [-0.2, -0.15) is 9.97 Å². The number of ether oxygens (including phenoxy) is 4. The standard InChI is InChI=1S/C29H47N8O10P/c1-8-44-25(39)19(16(3)4)34-48(42,35-20(17(5)6)26(40)45-9-2)46-14-18-22(38)29(7,41)27(47-18)37-15-31-21-23(32-28(30)33-24(21)37)36-10-12-43-13-11-36/h15-17,19-20,27,38,41H,8-14H2,1-7H3,(H2,30,32,33)(H2,34,35,42)/t19-,20-,27+,29?/m0/s1. The monoisotopic (exact) mass is 698 g/mol. The van der Waals surface area contributed by atoms with Crippen LogP contribution in [0.1, 0.15) is 54.7 Å². The van der Waals surface area contributed by atoms with Crippen molar-refractivity contribution in [3.05, 3.63) is 17.8 Å². The summed E-state index contributed by atoms with van der Waals surface area (Å²) >= 11 is 0. The molecular weight excluding hydrogens is 651 g/mol. The van der Waals surface area contributed by atoms with E-state index in [1.807, 2.05) is 4.90 Å². The molecule has 0 amide bonds. The maximum absolute atomic E-state index is 14.5. The minimum atomic E-state index is -4.34. The molecule has 0 spiro atoms. The fourth-order valence-electron chi connectivity index (χ4n) is 5.26. The fraction of sp³-hybridized carbons (Fsp3) is 0.690. The molecule has 18 nitrogen and oxygen atoms in total. The van der Waals surface area contributed by atoms with E-state index in [0.29, 0.717) is 37.6 Å². The Morgan fingerprint density at radius 1 is 1.08 bits per heavy atom. The van der Waals surface area contributed by atoms with Crippen LogP contribution in [0.5, 0.6) is 0 Å². The van der Waals surface area contributed by atoms with Crippen molar-refractivity contribution in [2.45, 2.75) is 72.4 Å². The van der Waals surface area contributed by atoms with Gasteiger partial charge in [-0.05, 0) is 32.6 Å². The zero-order chi connectivity index (χ0) is 35.4. The summed E-state index contributed by atoms with van der Waals surface area (Å²) in [6.07, 6.45) is 0.0747. The zero-order valence-corrected chi connectivity index (χ0v) is 29.2. The molecule has 1 saturated heterocycles. The maximum Gasteiger partial charge on any atom is 0.342 e. The van der Waals surface area contributed by atoms with E-state index < -0.39 is 67.7 Å². The Morgan fingerprint density at radius 3 is 2.17 bits per heavy atom. The Labute approximate surface area is 278 Å². The predicted molar refractivity (Wildman–Crippen MR) is 174 cm³/mol. The summed E-state index contributed by atoms with van der Waals surface area (Å²) in [6, 6.07) is -2.21. The van der Waals surface area contributed by atoms with Crippen molar-refractivity contribution in [1.29, 1.82) is 0 Å². The average Bonchev–Trinajstić information content (AvgIpc) is 3.54. The van der Waals surface area contributed by atoms with Crippen LogP contribution < -0.4 is 20.8 Å². The van der Waals surface area contributed by atoms with Crippen LogP contribution in [0.4, 0.5) is 11.8 Å². The van der Waals surface area contributed by atoms with Gasteiger partial charge in [-0.15, -0.1) is 0 Å². The quantitative estimate of drug-likeness (QED) is 0.132. The molecule has 268 valence electrons. The molecular formula is C29H47N8O10P. The normalized spacial score (nSPS) is 21.5. The van der Waals surface area contributed by atoms with E-state index in [9.17, 15) is 24.4 Å². The van der Waals surface area contributed by atoms with Crippen LogP contribution in [0.2, 0.25) is 0 Å². The van der Waals surface area contributed by atoms with Gasteiger partial charge in [0, 0.05) is 13.1 Å². The Balaban J connectivity index is 1.64. The number of aromatic nitrogens is 4. The number of rotatable bonds is 15. The van der Waals surface area contributed by atoms with E-state index in [4.69, 9.17) is 29.2 Å². The highest BCUT2D eigenvalue weighted by Crippen LogP contribution is 2.46. The van der Waals surface area contributed by atoms with Gasteiger partial charge in [0.05, 0.1) is 26.4 Å². The number of imidazole rings is 1. The van der Waals surface area contributed by atoms with Crippen molar-refractivity contribution in [3.8, 4) is 0 Å². The average molecular weight is 699 g/mol. The first kappa shape index (κ1) is 37.3. The van der Waals surface area contributed by atoms with Crippen LogP contribution in [-0.4, -0.2) is 105 Å². The third-order valence-electron chi connectivity index (χ3n) is 7.87. The van der Waals surface area contributed by atoms with E-state index in [2.05, 4.69) is 25.1 Å². The van der Waals surface area contributed by atoms with Crippen molar-refractivity contribution in [2.24, 2.45) is 11.8 Å². The van der Waals surface area contributed by atoms with Crippen molar-refractivity contribution in [2.75, 3.05) is 56.8 Å². The molecule has 4 heterocycles. The summed E-state index contributed by atoms with van der Waals surface area (Å²) in [6.45, 7) is 13.1. The van der Waals surface area contributed by atoms with Crippen molar-refractivity contribution < 1.29 is 47.8 Å². The number of morpholine rings is 1. The molecule has 4 atom stereocenters. The van der Waals surface area contributed by atoms with Gasteiger partial charge in [-0.1, -0.05) is 27.7 Å². The van der Waals surface area contributed by atoms with Crippen molar-refractivity contribution in [1.82, 2.24) is 29.7 Å². The molecule has 2 aromatic heterocycles. The highest BCUT2D eigenvalue weighted by Gasteiger charge is 2.49. The largest absolute Gasteiger partial charge is 0.506 e. The number of carbonyl (C=O) groups is 2. The van der Waals surface area contributed by atoms with Gasteiger partial charge >= 0.3 is 19.6 Å². The molecule has 1 unspecified atom stereocenters. The molecule has 0 aliphatic carbocycles. The molecule has 6 N–H and O–H groups in total. The lowest BCUT2D eigenvalue weighted by molar-refractivity contribution is -0.146. The van der Waals surface area contributed by atoms with Crippen LogP contribution in [-0.2, 0) is 37.6 Å². The third-order valence-corrected chi connectivity index (χ3v) is 9.60. The summed E-state index contributed by atoms with van der Waals surface area (Å²) in [5.41, 5.74) is 4.66. The van der Waals surface area contributed by atoms with Gasteiger partial charge < -0.3 is 39.8 Å². The van der Waals surface area contributed by atoms with E-state index in [0.717, 1.165) is 0 Å². The molecule has 0 bridgehead atoms. The number of nitrogens with zero attached hydrogens (tertiary/aromatic N) is 5. The molecule has 2 aromatic rings. The minimum Gasteiger partial charge on any atom is -0.506 e. The molecule has 48 heavy (non-hydrogen) atoms. The van der Waals surface area contributed by atoms with Gasteiger partial charge in [-0.25, -0.2) is 15.2 Å². The lowest BCUT2D eigenvalue weighted by Crippen LogP contribution is -2.48. The number of hydrogen-bond acceptors (Lipinski definition) is 15. The minimum absolute atomic E-state index is 0.0372. The van der Waals surface area contributed by atoms with E-state index >= 15 is 0 Å². The van der Waals surface area contributed by atoms with Crippen LogP contribution >= 0.6 is 7.67 Å². The van der Waals surface area contributed by atoms with E-state index in [-0.39, 0.29) is 30.6 Å². The Morgan fingerprint density at radius 2 is 1.65 bits per heavy atom. The predicted octanol–water partition coefficient (Wildman–Crippen LogP) is 1.77. The van der Waals surface area contributed by atoms with Gasteiger partial charge in [0.2, 0.25) is 12.2 Å². The number of fused-ring (bicyclic) bond motifs is 1. The van der Waals surface area contributed by atoms with Gasteiger partial charge in [0.15, 0.2) is 34.1 Å². The molecule has 0 saturated carbocycles. The highest BCUT2D eigenvalue weighted by molar-refractivity contribution is 7.54. The number of nitrogen functional groups attached to an aromatic ring is 1. The number of aliphatic hydroxyl groups is 2. The van der Waals surface area contributed by atoms with Gasteiger partial charge in [0.1, 0.15) is 25.0 Å². The topological polar surface area (TPSA) is 235 Å². The summed E-state index contributed by atoms with van der Waals surface area (Å²) < 4.78 is 43.5. The smallest absolute Gasteiger partial charge is 0.342 e. The fourth-order valence-corrected chi connectivity index (χ4v) is 7.32. The maximum atomic E-state index is 14.5. The van der Waals surface area contributed by atoms with Crippen LogP contribution in [0.15, 0.2) is 17.8 Å².